The van der Waals surface area contributed by atoms with Gasteiger partial charge in [0, 0.05) is 4.47 Å². The lowest BCUT2D eigenvalue weighted by atomic mass is 10.0. The lowest BCUT2D eigenvalue weighted by molar-refractivity contribution is 0.0733. The van der Waals surface area contributed by atoms with Gasteiger partial charge in [-0.25, -0.2) is 4.79 Å². The van der Waals surface area contributed by atoms with E-state index in [1.54, 1.807) is 30.3 Å². The van der Waals surface area contributed by atoms with E-state index >= 15 is 0 Å². The summed E-state index contributed by atoms with van der Waals surface area (Å²) in [5.41, 5.74) is 1.34. The van der Waals surface area contributed by atoms with Gasteiger partial charge in [0.2, 0.25) is 0 Å². The third-order valence-corrected chi connectivity index (χ3v) is 3.71. The molecule has 104 valence electrons. The van der Waals surface area contributed by atoms with Gasteiger partial charge in [0.25, 0.3) is 0 Å². The molecule has 0 unspecified atom stereocenters. The molecule has 4 heteroatoms. The van der Waals surface area contributed by atoms with Gasteiger partial charge < -0.3 is 4.74 Å². The van der Waals surface area contributed by atoms with E-state index in [1.807, 2.05) is 12.1 Å². The summed E-state index contributed by atoms with van der Waals surface area (Å²) in [7, 11) is 0. The fourth-order valence-electron chi connectivity index (χ4n) is 1.85. The molecule has 0 N–H and O–H groups in total. The average molecular weight is 354 g/mol. The standard InChI is InChI=1S/C16H14BrClO2/c1-10(2)13-9-11(17)7-8-15(13)20-16(19)12-5-3-4-6-14(12)18/h3-10H,1-2H3. The van der Waals surface area contributed by atoms with E-state index in [-0.39, 0.29) is 5.92 Å². The normalized spacial score (nSPS) is 10.7. The maximum Gasteiger partial charge on any atom is 0.345 e. The van der Waals surface area contributed by atoms with Gasteiger partial charge in [-0.05, 0) is 41.8 Å². The largest absolute Gasteiger partial charge is 0.423 e. The van der Waals surface area contributed by atoms with Gasteiger partial charge in [-0.1, -0.05) is 53.5 Å². The molecule has 0 heterocycles. The number of ether oxygens (including phenoxy) is 1. The minimum atomic E-state index is -0.445. The molecule has 0 radical (unpaired) electrons. The van der Waals surface area contributed by atoms with Crippen LogP contribution in [0.1, 0.15) is 35.7 Å². The molecule has 20 heavy (non-hydrogen) atoms. The first-order valence-electron chi connectivity index (χ1n) is 6.25. The molecule has 0 atom stereocenters. The van der Waals surface area contributed by atoms with Crippen LogP contribution in [0.4, 0.5) is 0 Å². The summed E-state index contributed by atoms with van der Waals surface area (Å²) in [5.74, 6) is 0.370. The molecule has 0 fully saturated rings. The van der Waals surface area contributed by atoms with Crippen molar-refractivity contribution < 1.29 is 9.53 Å². The maximum atomic E-state index is 12.2. The molecule has 2 aromatic carbocycles. The number of esters is 1. The van der Waals surface area contributed by atoms with Crippen molar-refractivity contribution in [3.05, 3.63) is 63.1 Å². The van der Waals surface area contributed by atoms with Crippen LogP contribution in [0.5, 0.6) is 5.75 Å². The van der Waals surface area contributed by atoms with Gasteiger partial charge in [0.15, 0.2) is 0 Å². The van der Waals surface area contributed by atoms with Gasteiger partial charge >= 0.3 is 5.97 Å². The molecule has 0 aliphatic carbocycles. The summed E-state index contributed by atoms with van der Waals surface area (Å²) in [5, 5.41) is 0.390. The second kappa shape index (κ2) is 6.42. The Hall–Kier alpha value is -1.32. The van der Waals surface area contributed by atoms with E-state index in [1.165, 1.54) is 0 Å². The molecule has 0 spiro atoms. The molecule has 0 saturated heterocycles. The molecule has 2 rings (SSSR count). The van der Waals surface area contributed by atoms with Crippen LogP contribution in [0.15, 0.2) is 46.9 Å². The van der Waals surface area contributed by atoms with Gasteiger partial charge in [-0.3, -0.25) is 0 Å². The number of benzene rings is 2. The maximum absolute atomic E-state index is 12.2. The zero-order valence-corrected chi connectivity index (χ0v) is 13.5. The average Bonchev–Trinajstić information content (AvgIpc) is 2.41. The Bertz CT molecular complexity index is 638. The van der Waals surface area contributed by atoms with Crippen molar-refractivity contribution in [2.45, 2.75) is 19.8 Å². The van der Waals surface area contributed by atoms with Crippen molar-refractivity contribution in [3.8, 4) is 5.75 Å². The highest BCUT2D eigenvalue weighted by Gasteiger charge is 2.16. The van der Waals surface area contributed by atoms with Crippen LogP contribution in [0.2, 0.25) is 5.02 Å². The van der Waals surface area contributed by atoms with Gasteiger partial charge in [0.05, 0.1) is 10.6 Å². The number of hydrogen-bond donors (Lipinski definition) is 0. The molecule has 0 amide bonds. The second-order valence-corrected chi connectivity index (χ2v) is 6.03. The van der Waals surface area contributed by atoms with Gasteiger partial charge in [0.1, 0.15) is 5.75 Å². The van der Waals surface area contributed by atoms with E-state index in [0.717, 1.165) is 10.0 Å². The van der Waals surface area contributed by atoms with Crippen molar-refractivity contribution in [2.75, 3.05) is 0 Å². The van der Waals surface area contributed by atoms with Gasteiger partial charge in [-0.15, -0.1) is 0 Å². The summed E-state index contributed by atoms with van der Waals surface area (Å²) >= 11 is 9.43. The zero-order valence-electron chi connectivity index (χ0n) is 11.2. The SMILES string of the molecule is CC(C)c1cc(Br)ccc1OC(=O)c1ccccc1Cl. The Kier molecular flexibility index (Phi) is 4.84. The summed E-state index contributed by atoms with van der Waals surface area (Å²) in [6.07, 6.45) is 0. The van der Waals surface area contributed by atoms with Crippen LogP contribution >= 0.6 is 27.5 Å². The fraction of sp³-hybridized carbons (Fsp3) is 0.188. The van der Waals surface area contributed by atoms with E-state index in [2.05, 4.69) is 29.8 Å². The summed E-state index contributed by atoms with van der Waals surface area (Å²) in [6.45, 7) is 4.10. The quantitative estimate of drug-likeness (QED) is 0.542. The van der Waals surface area contributed by atoms with Crippen molar-refractivity contribution in [1.82, 2.24) is 0 Å². The molecule has 2 aromatic rings. The highest BCUT2D eigenvalue weighted by Crippen LogP contribution is 2.30. The molecular weight excluding hydrogens is 340 g/mol. The Morgan fingerprint density at radius 1 is 1.20 bits per heavy atom. The minimum absolute atomic E-state index is 0.251. The lowest BCUT2D eigenvalue weighted by Gasteiger charge is -2.13. The van der Waals surface area contributed by atoms with Crippen LogP contribution in [0.25, 0.3) is 0 Å². The molecule has 2 nitrogen and oxygen atoms in total. The van der Waals surface area contributed by atoms with Crippen LogP contribution in [-0.4, -0.2) is 5.97 Å². The van der Waals surface area contributed by atoms with E-state index in [4.69, 9.17) is 16.3 Å². The molecule has 0 bridgehead atoms. The molecule has 0 aromatic heterocycles. The number of carbonyl (C=O) groups is 1. The van der Waals surface area contributed by atoms with Crippen LogP contribution in [-0.2, 0) is 0 Å². The lowest BCUT2D eigenvalue weighted by Crippen LogP contribution is -2.10. The topological polar surface area (TPSA) is 26.3 Å². The first-order valence-corrected chi connectivity index (χ1v) is 7.42. The number of hydrogen-bond acceptors (Lipinski definition) is 2. The summed E-state index contributed by atoms with van der Waals surface area (Å²) < 4.78 is 6.44. The van der Waals surface area contributed by atoms with Crippen molar-refractivity contribution >= 4 is 33.5 Å². The van der Waals surface area contributed by atoms with E-state index in [9.17, 15) is 4.79 Å². The Morgan fingerprint density at radius 2 is 1.90 bits per heavy atom. The highest BCUT2D eigenvalue weighted by atomic mass is 79.9. The summed E-state index contributed by atoms with van der Waals surface area (Å²) in [6, 6.07) is 12.4. The number of carbonyl (C=O) groups excluding carboxylic acids is 1. The molecule has 0 aliphatic heterocycles. The fourth-order valence-corrected chi connectivity index (χ4v) is 2.44. The van der Waals surface area contributed by atoms with Crippen LogP contribution < -0.4 is 4.74 Å². The summed E-state index contributed by atoms with van der Waals surface area (Å²) in [4.78, 5) is 12.2. The first kappa shape index (κ1) is 15.1. The third kappa shape index (κ3) is 3.41. The van der Waals surface area contributed by atoms with E-state index in [0.29, 0.717) is 16.3 Å². The molecular formula is C16H14BrClO2. The Morgan fingerprint density at radius 3 is 2.55 bits per heavy atom. The van der Waals surface area contributed by atoms with Crippen molar-refractivity contribution in [2.24, 2.45) is 0 Å². The monoisotopic (exact) mass is 352 g/mol. The third-order valence-electron chi connectivity index (χ3n) is 2.89. The smallest absolute Gasteiger partial charge is 0.345 e. The number of rotatable bonds is 3. The van der Waals surface area contributed by atoms with E-state index < -0.39 is 5.97 Å². The van der Waals surface area contributed by atoms with Crippen molar-refractivity contribution in [1.29, 1.82) is 0 Å². The highest BCUT2D eigenvalue weighted by molar-refractivity contribution is 9.10. The van der Waals surface area contributed by atoms with Crippen molar-refractivity contribution in [3.63, 3.8) is 0 Å². The minimum Gasteiger partial charge on any atom is -0.423 e. The zero-order chi connectivity index (χ0) is 14.7. The Labute approximate surface area is 131 Å². The predicted octanol–water partition coefficient (Wildman–Crippen LogP) is 5.45. The van der Waals surface area contributed by atoms with Gasteiger partial charge in [-0.2, -0.15) is 0 Å². The molecule has 0 aliphatic rings. The second-order valence-electron chi connectivity index (χ2n) is 4.71. The Balaban J connectivity index is 2.31. The van der Waals surface area contributed by atoms with Crippen LogP contribution in [0, 0.1) is 0 Å². The van der Waals surface area contributed by atoms with Crippen LogP contribution in [0.3, 0.4) is 0 Å². The predicted molar refractivity (Wildman–Crippen MR) is 84.6 cm³/mol. The first-order chi connectivity index (χ1) is 9.49. The number of halogens is 2. The molecule has 0 saturated carbocycles.